The Balaban J connectivity index is 1.21. The molecule has 0 amide bonds. The van der Waals surface area contributed by atoms with Gasteiger partial charge in [-0.25, -0.2) is 0 Å². The summed E-state index contributed by atoms with van der Waals surface area (Å²) in [4.78, 5) is 0. The average Bonchev–Trinajstić information content (AvgIpc) is 3.47. The molecule has 3 heterocycles. The molecule has 0 unspecified atom stereocenters. The third-order valence-corrected chi connectivity index (χ3v) is 8.36. The molecular weight excluding hydrogens is 384 g/mol. The van der Waals surface area contributed by atoms with E-state index in [4.69, 9.17) is 28.4 Å². The van der Waals surface area contributed by atoms with Gasteiger partial charge in [-0.2, -0.15) is 0 Å². The first-order valence-electron chi connectivity index (χ1n) is 12.7. The van der Waals surface area contributed by atoms with Crippen LogP contribution in [0.25, 0.3) is 0 Å². The van der Waals surface area contributed by atoms with Crippen LogP contribution in [0.1, 0.15) is 96.3 Å². The maximum Gasteiger partial charge on any atom is 0.169 e. The van der Waals surface area contributed by atoms with E-state index in [2.05, 4.69) is 0 Å². The van der Waals surface area contributed by atoms with Crippen LogP contribution >= 0.6 is 0 Å². The summed E-state index contributed by atoms with van der Waals surface area (Å²) in [5.41, 5.74) is 0. The highest BCUT2D eigenvalue weighted by molar-refractivity contribution is 5.00. The minimum atomic E-state index is -0.467. The van der Waals surface area contributed by atoms with E-state index in [1.54, 1.807) is 0 Å². The minimum absolute atomic E-state index is 0.0825. The van der Waals surface area contributed by atoms with E-state index >= 15 is 0 Å². The zero-order valence-electron chi connectivity index (χ0n) is 18.3. The predicted molar refractivity (Wildman–Crippen MR) is 109 cm³/mol. The highest BCUT2D eigenvalue weighted by atomic mass is 16.8. The second kappa shape index (κ2) is 7.96. The molecule has 6 rings (SSSR count). The molecular formula is C24H38O6. The molecule has 0 radical (unpaired) electrons. The third-order valence-electron chi connectivity index (χ3n) is 8.36. The van der Waals surface area contributed by atoms with Gasteiger partial charge in [-0.1, -0.05) is 19.3 Å². The molecule has 3 saturated carbocycles. The molecule has 3 spiro atoms. The van der Waals surface area contributed by atoms with Gasteiger partial charge in [-0.05, 0) is 38.5 Å². The van der Waals surface area contributed by atoms with E-state index in [9.17, 15) is 0 Å². The van der Waals surface area contributed by atoms with Gasteiger partial charge < -0.3 is 28.4 Å². The first kappa shape index (κ1) is 20.4. The van der Waals surface area contributed by atoms with E-state index in [-0.39, 0.29) is 24.4 Å². The van der Waals surface area contributed by atoms with Crippen molar-refractivity contribution in [2.45, 2.75) is 138 Å². The quantitative estimate of drug-likeness (QED) is 0.649. The summed E-state index contributed by atoms with van der Waals surface area (Å²) in [7, 11) is 0. The summed E-state index contributed by atoms with van der Waals surface area (Å²) in [5.74, 6) is -1.25. The maximum absolute atomic E-state index is 6.75. The molecule has 0 bridgehead atoms. The van der Waals surface area contributed by atoms with Crippen molar-refractivity contribution in [3.8, 4) is 0 Å². The summed E-state index contributed by atoms with van der Waals surface area (Å²) >= 11 is 0. The lowest BCUT2D eigenvalue weighted by Crippen LogP contribution is -2.46. The lowest BCUT2D eigenvalue weighted by molar-refractivity contribution is -0.221. The van der Waals surface area contributed by atoms with Crippen LogP contribution in [0.5, 0.6) is 0 Å². The molecule has 3 aliphatic carbocycles. The molecule has 3 saturated heterocycles. The Morgan fingerprint density at radius 3 is 1.17 bits per heavy atom. The zero-order valence-corrected chi connectivity index (χ0v) is 18.3. The lowest BCUT2D eigenvalue weighted by atomic mass is 9.94. The van der Waals surface area contributed by atoms with Gasteiger partial charge in [0.1, 0.15) is 24.4 Å². The zero-order chi connectivity index (χ0) is 20.1. The molecule has 0 aromatic rings. The molecule has 170 valence electrons. The Kier molecular flexibility index (Phi) is 5.41. The summed E-state index contributed by atoms with van der Waals surface area (Å²) in [6.07, 6.45) is 16.4. The first-order valence-corrected chi connectivity index (χ1v) is 12.7. The van der Waals surface area contributed by atoms with E-state index < -0.39 is 17.4 Å². The Morgan fingerprint density at radius 2 is 0.767 bits per heavy atom. The van der Waals surface area contributed by atoms with Crippen LogP contribution in [-0.4, -0.2) is 55.0 Å². The molecule has 6 aliphatic rings. The van der Waals surface area contributed by atoms with Crippen LogP contribution in [-0.2, 0) is 28.4 Å². The second-order valence-corrected chi connectivity index (χ2v) is 10.5. The lowest BCUT2D eigenvalue weighted by Gasteiger charge is -2.34. The summed E-state index contributed by atoms with van der Waals surface area (Å²) < 4.78 is 39.3. The molecule has 0 aromatic carbocycles. The van der Waals surface area contributed by atoms with Crippen molar-refractivity contribution in [3.63, 3.8) is 0 Å². The monoisotopic (exact) mass is 422 g/mol. The summed E-state index contributed by atoms with van der Waals surface area (Å²) in [5, 5.41) is 0. The smallest absolute Gasteiger partial charge is 0.169 e. The average molecular weight is 423 g/mol. The van der Waals surface area contributed by atoms with Crippen molar-refractivity contribution in [1.82, 2.24) is 0 Å². The number of rotatable bonds is 2. The van der Waals surface area contributed by atoms with Crippen LogP contribution in [0.3, 0.4) is 0 Å². The maximum atomic E-state index is 6.75. The van der Waals surface area contributed by atoms with Crippen molar-refractivity contribution in [2.24, 2.45) is 0 Å². The molecule has 0 N–H and O–H groups in total. The number of hydrogen-bond donors (Lipinski definition) is 0. The van der Waals surface area contributed by atoms with Crippen molar-refractivity contribution in [3.05, 3.63) is 0 Å². The van der Waals surface area contributed by atoms with Crippen LogP contribution < -0.4 is 0 Å². The summed E-state index contributed by atoms with van der Waals surface area (Å²) in [6.45, 7) is 1.19. The topological polar surface area (TPSA) is 55.4 Å². The normalized spacial score (nSPS) is 42.4. The fourth-order valence-corrected chi connectivity index (χ4v) is 6.74. The highest BCUT2D eigenvalue weighted by Crippen LogP contribution is 2.48. The van der Waals surface area contributed by atoms with Crippen LogP contribution in [0.4, 0.5) is 0 Å². The molecule has 0 aromatic heterocycles. The molecule has 6 nitrogen and oxygen atoms in total. The van der Waals surface area contributed by atoms with E-state index in [1.165, 1.54) is 44.9 Å². The first-order chi connectivity index (χ1) is 14.7. The fourth-order valence-electron chi connectivity index (χ4n) is 6.74. The van der Waals surface area contributed by atoms with Gasteiger partial charge in [-0.15, -0.1) is 0 Å². The standard InChI is InChI=1S/C24H38O6/c1-4-10-22(11-5-1)25-16-18(27-22)20-21(30-24(29-20)14-8-3-9-15-24)19-17-26-23(28-19)12-6-2-7-13-23/h18-21H,1-17H2/t18-,19+,20-,21-/m1/s1. The predicted octanol–water partition coefficient (Wildman–Crippen LogP) is 4.58. The van der Waals surface area contributed by atoms with E-state index in [0.29, 0.717) is 13.2 Å². The van der Waals surface area contributed by atoms with Crippen molar-refractivity contribution in [2.75, 3.05) is 13.2 Å². The fraction of sp³-hybridized carbons (Fsp3) is 1.00. The van der Waals surface area contributed by atoms with Crippen LogP contribution in [0.15, 0.2) is 0 Å². The van der Waals surface area contributed by atoms with Crippen molar-refractivity contribution in [1.29, 1.82) is 0 Å². The molecule has 30 heavy (non-hydrogen) atoms. The number of hydrogen-bond acceptors (Lipinski definition) is 6. The van der Waals surface area contributed by atoms with Crippen LogP contribution in [0.2, 0.25) is 0 Å². The second-order valence-electron chi connectivity index (χ2n) is 10.5. The minimum Gasteiger partial charge on any atom is -0.347 e. The van der Waals surface area contributed by atoms with Gasteiger partial charge >= 0.3 is 0 Å². The number of ether oxygens (including phenoxy) is 6. The molecule has 3 aliphatic heterocycles. The van der Waals surface area contributed by atoms with E-state index in [0.717, 1.165) is 51.4 Å². The highest BCUT2D eigenvalue weighted by Gasteiger charge is 2.59. The Bertz CT molecular complexity index is 559. The largest absolute Gasteiger partial charge is 0.347 e. The van der Waals surface area contributed by atoms with Crippen molar-refractivity contribution >= 4 is 0 Å². The molecule has 4 atom stereocenters. The van der Waals surface area contributed by atoms with Gasteiger partial charge in [-0.3, -0.25) is 0 Å². The van der Waals surface area contributed by atoms with Gasteiger partial charge in [0.05, 0.1) is 13.2 Å². The van der Waals surface area contributed by atoms with Crippen molar-refractivity contribution < 1.29 is 28.4 Å². The Labute approximate surface area is 180 Å². The Hall–Kier alpha value is -0.240. The van der Waals surface area contributed by atoms with Gasteiger partial charge in [0.2, 0.25) is 0 Å². The van der Waals surface area contributed by atoms with Gasteiger partial charge in [0.15, 0.2) is 17.4 Å². The molecule has 6 fully saturated rings. The molecule has 6 heteroatoms. The SMILES string of the molecule is C1CCC2(CC1)O[C@H]([C@@H]1COC3(CCCCC3)O1)[C@@H]([C@H]1COC3(CCCCC3)O1)O2. The summed E-state index contributed by atoms with van der Waals surface area (Å²) in [6, 6.07) is 0. The van der Waals surface area contributed by atoms with E-state index in [1.807, 2.05) is 0 Å². The van der Waals surface area contributed by atoms with Gasteiger partial charge in [0, 0.05) is 38.5 Å². The third kappa shape index (κ3) is 3.65. The Morgan fingerprint density at radius 1 is 0.400 bits per heavy atom. The van der Waals surface area contributed by atoms with Gasteiger partial charge in [0.25, 0.3) is 0 Å². The van der Waals surface area contributed by atoms with Crippen LogP contribution in [0, 0.1) is 0 Å².